The summed E-state index contributed by atoms with van der Waals surface area (Å²) in [5.41, 5.74) is 15.5. The molecule has 2 rings (SSSR count). The normalized spacial score (nSPS) is 17.7. The zero-order valence-corrected chi connectivity index (χ0v) is 15.5. The van der Waals surface area contributed by atoms with Gasteiger partial charge in [-0.25, -0.2) is 4.79 Å². The van der Waals surface area contributed by atoms with Gasteiger partial charge in [0.25, 0.3) is 0 Å². The fourth-order valence-corrected chi connectivity index (χ4v) is 3.92. The third-order valence-electron chi connectivity index (χ3n) is 4.48. The molecule has 2 heterocycles. The molecule has 0 saturated carbocycles. The van der Waals surface area contributed by atoms with Crippen LogP contribution in [0.25, 0.3) is 5.70 Å². The third-order valence-corrected chi connectivity index (χ3v) is 5.53. The summed E-state index contributed by atoms with van der Waals surface area (Å²) < 4.78 is 4.98. The highest BCUT2D eigenvalue weighted by Crippen LogP contribution is 2.28. The molecule has 1 fully saturated rings. The Morgan fingerprint density at radius 2 is 1.83 bits per heavy atom. The van der Waals surface area contributed by atoms with Crippen LogP contribution >= 0.6 is 11.3 Å². The molecule has 1 aliphatic rings. The molecule has 0 amide bonds. The minimum absolute atomic E-state index is 0.379. The van der Waals surface area contributed by atoms with Crippen molar-refractivity contribution in [1.29, 1.82) is 0 Å². The van der Waals surface area contributed by atoms with Crippen LogP contribution in [0.4, 0.5) is 0 Å². The lowest BCUT2D eigenvalue weighted by molar-refractivity contribution is -0.136. The van der Waals surface area contributed by atoms with Crippen molar-refractivity contribution in [2.24, 2.45) is 11.5 Å². The SMILES string of the molecule is COC(=O)C(/C(C)=C(\N)c1sccc1C)=C(/N)N1CCCCCC1. The van der Waals surface area contributed by atoms with Gasteiger partial charge in [0.15, 0.2) is 0 Å². The lowest BCUT2D eigenvalue weighted by Crippen LogP contribution is -2.32. The molecule has 0 radical (unpaired) electrons. The van der Waals surface area contributed by atoms with Crippen molar-refractivity contribution in [3.05, 3.63) is 38.9 Å². The van der Waals surface area contributed by atoms with Crippen molar-refractivity contribution in [2.45, 2.75) is 39.5 Å². The maximum Gasteiger partial charge on any atom is 0.341 e. The van der Waals surface area contributed by atoms with Crippen LogP contribution in [0, 0.1) is 6.92 Å². The van der Waals surface area contributed by atoms with Crippen LogP contribution in [0.5, 0.6) is 0 Å². The zero-order valence-electron chi connectivity index (χ0n) is 14.7. The summed E-state index contributed by atoms with van der Waals surface area (Å²) in [4.78, 5) is 15.5. The Balaban J connectivity index is 2.49. The number of nitrogens with zero attached hydrogens (tertiary/aromatic N) is 1. The van der Waals surface area contributed by atoms with Crippen LogP contribution in [0.2, 0.25) is 0 Å². The molecule has 6 heteroatoms. The van der Waals surface area contributed by atoms with E-state index < -0.39 is 5.97 Å². The van der Waals surface area contributed by atoms with Gasteiger partial charge in [0.05, 0.1) is 17.7 Å². The Hall–Kier alpha value is -1.95. The highest BCUT2D eigenvalue weighted by molar-refractivity contribution is 7.11. The van der Waals surface area contributed by atoms with E-state index in [1.807, 2.05) is 25.3 Å². The van der Waals surface area contributed by atoms with Crippen molar-refractivity contribution >= 4 is 23.0 Å². The predicted octanol–water partition coefficient (Wildman–Crippen LogP) is 2.97. The van der Waals surface area contributed by atoms with Crippen LogP contribution in [0.1, 0.15) is 43.0 Å². The van der Waals surface area contributed by atoms with E-state index in [9.17, 15) is 4.79 Å². The number of nitrogens with two attached hydrogens (primary N) is 2. The molecule has 0 aliphatic carbocycles. The number of esters is 1. The minimum Gasteiger partial charge on any atom is -0.465 e. The van der Waals surface area contributed by atoms with E-state index in [-0.39, 0.29) is 0 Å². The van der Waals surface area contributed by atoms with E-state index in [0.717, 1.165) is 36.4 Å². The summed E-state index contributed by atoms with van der Waals surface area (Å²) in [6.07, 6.45) is 4.56. The second kappa shape index (κ2) is 8.24. The maximum absolute atomic E-state index is 12.4. The van der Waals surface area contributed by atoms with Gasteiger partial charge in [-0.2, -0.15) is 0 Å². The van der Waals surface area contributed by atoms with Crippen LogP contribution < -0.4 is 11.5 Å². The van der Waals surface area contributed by atoms with Crippen molar-refractivity contribution < 1.29 is 9.53 Å². The van der Waals surface area contributed by atoms with Crippen molar-refractivity contribution in [3.8, 4) is 0 Å². The molecule has 0 spiro atoms. The largest absolute Gasteiger partial charge is 0.465 e. The second-order valence-electron chi connectivity index (χ2n) is 6.12. The Morgan fingerprint density at radius 1 is 1.21 bits per heavy atom. The highest BCUT2D eigenvalue weighted by Gasteiger charge is 2.24. The van der Waals surface area contributed by atoms with Crippen LogP contribution in [-0.4, -0.2) is 31.1 Å². The number of methoxy groups -OCH3 is 1. The molecule has 1 aliphatic heterocycles. The van der Waals surface area contributed by atoms with Gasteiger partial charge >= 0.3 is 5.97 Å². The van der Waals surface area contributed by atoms with E-state index in [1.165, 1.54) is 20.0 Å². The third kappa shape index (κ3) is 3.93. The molecular weight excluding hydrogens is 322 g/mol. The molecule has 1 saturated heterocycles. The topological polar surface area (TPSA) is 81.6 Å². The molecule has 132 valence electrons. The first-order chi connectivity index (χ1) is 11.5. The van der Waals surface area contributed by atoms with Gasteiger partial charge < -0.3 is 21.1 Å². The average molecular weight is 350 g/mol. The number of ether oxygens (including phenoxy) is 1. The van der Waals surface area contributed by atoms with Gasteiger partial charge in [-0.05, 0) is 49.3 Å². The lowest BCUT2D eigenvalue weighted by Gasteiger charge is -2.25. The lowest BCUT2D eigenvalue weighted by atomic mass is 10.0. The summed E-state index contributed by atoms with van der Waals surface area (Å²) >= 11 is 1.56. The minimum atomic E-state index is -0.439. The summed E-state index contributed by atoms with van der Waals surface area (Å²) in [6.45, 7) is 5.56. The Morgan fingerprint density at radius 3 is 2.33 bits per heavy atom. The number of thiophene rings is 1. The monoisotopic (exact) mass is 349 g/mol. The average Bonchev–Trinajstić information content (AvgIpc) is 2.84. The van der Waals surface area contributed by atoms with Gasteiger partial charge in [0, 0.05) is 13.1 Å². The standard InChI is InChI=1S/C18H27N3O2S/c1-12-8-11-24-16(12)15(19)13(2)14(18(22)23-3)17(20)21-9-6-4-5-7-10-21/h8,11H,4-7,9-10,19-20H2,1-3H3/b15-13-,17-14-. The zero-order chi connectivity index (χ0) is 17.7. The Labute approximate surface area is 148 Å². The molecule has 0 bridgehead atoms. The molecule has 1 aromatic rings. The number of carbonyl (C=O) groups excluding carboxylic acids is 1. The van der Waals surface area contributed by atoms with Gasteiger partial charge in [-0.1, -0.05) is 12.8 Å². The molecule has 24 heavy (non-hydrogen) atoms. The molecule has 0 aromatic carbocycles. The molecular formula is C18H27N3O2S. The first kappa shape index (κ1) is 18.4. The summed E-state index contributed by atoms with van der Waals surface area (Å²) in [5, 5.41) is 1.99. The quantitative estimate of drug-likeness (QED) is 0.496. The second-order valence-corrected chi connectivity index (χ2v) is 7.04. The van der Waals surface area contributed by atoms with E-state index in [2.05, 4.69) is 4.90 Å². The molecule has 0 atom stereocenters. The summed E-state index contributed by atoms with van der Waals surface area (Å²) in [5.74, 6) is 0.0322. The number of carbonyl (C=O) groups is 1. The van der Waals surface area contributed by atoms with Crippen LogP contribution in [-0.2, 0) is 9.53 Å². The Kier molecular flexibility index (Phi) is 6.31. The van der Waals surface area contributed by atoms with Crippen molar-refractivity contribution in [1.82, 2.24) is 4.90 Å². The van der Waals surface area contributed by atoms with E-state index in [0.29, 0.717) is 22.7 Å². The van der Waals surface area contributed by atoms with Crippen molar-refractivity contribution in [2.75, 3.05) is 20.2 Å². The molecule has 4 N–H and O–H groups in total. The number of rotatable bonds is 4. The Bertz CT molecular complexity index is 653. The van der Waals surface area contributed by atoms with Crippen molar-refractivity contribution in [3.63, 3.8) is 0 Å². The predicted molar refractivity (Wildman–Crippen MR) is 99.1 cm³/mol. The fraction of sp³-hybridized carbons (Fsp3) is 0.500. The van der Waals surface area contributed by atoms with E-state index >= 15 is 0 Å². The van der Waals surface area contributed by atoms with Crippen LogP contribution in [0.3, 0.4) is 0 Å². The number of likely N-dealkylation sites (tertiary alicyclic amines) is 1. The van der Waals surface area contributed by atoms with Gasteiger partial charge in [-0.3, -0.25) is 0 Å². The maximum atomic E-state index is 12.4. The summed E-state index contributed by atoms with van der Waals surface area (Å²) in [6, 6.07) is 2.01. The fourth-order valence-electron chi connectivity index (χ4n) is 2.98. The van der Waals surface area contributed by atoms with Crippen LogP contribution in [0.15, 0.2) is 28.4 Å². The number of hydrogen-bond donors (Lipinski definition) is 2. The molecule has 1 aromatic heterocycles. The van der Waals surface area contributed by atoms with E-state index in [1.54, 1.807) is 11.3 Å². The number of hydrogen-bond acceptors (Lipinski definition) is 6. The molecule has 0 unspecified atom stereocenters. The first-order valence-corrected chi connectivity index (χ1v) is 9.19. The van der Waals surface area contributed by atoms with Gasteiger partial charge in [0.2, 0.25) is 0 Å². The smallest absolute Gasteiger partial charge is 0.341 e. The number of aryl methyl sites for hydroxylation is 1. The first-order valence-electron chi connectivity index (χ1n) is 8.31. The van der Waals surface area contributed by atoms with E-state index in [4.69, 9.17) is 16.2 Å². The molecule has 5 nitrogen and oxygen atoms in total. The summed E-state index contributed by atoms with van der Waals surface area (Å²) in [7, 11) is 1.37. The highest BCUT2D eigenvalue weighted by atomic mass is 32.1. The van der Waals surface area contributed by atoms with Gasteiger partial charge in [0.1, 0.15) is 11.4 Å². The van der Waals surface area contributed by atoms with Gasteiger partial charge in [-0.15, -0.1) is 11.3 Å².